The summed E-state index contributed by atoms with van der Waals surface area (Å²) in [5.74, 6) is 1.62. The third-order valence-electron chi connectivity index (χ3n) is 3.04. The smallest absolute Gasteiger partial charge is 0.208 e. The molecule has 4 nitrogen and oxygen atoms in total. The van der Waals surface area contributed by atoms with Crippen LogP contribution in [0.3, 0.4) is 0 Å². The molecule has 0 saturated carbocycles. The summed E-state index contributed by atoms with van der Waals surface area (Å²) in [6.07, 6.45) is 5.53. The van der Waals surface area contributed by atoms with Crippen molar-refractivity contribution in [2.24, 2.45) is 0 Å². The van der Waals surface area contributed by atoms with Crippen LogP contribution in [0, 0.1) is 6.92 Å². The van der Waals surface area contributed by atoms with E-state index in [1.54, 1.807) is 6.20 Å². The zero-order valence-corrected chi connectivity index (χ0v) is 10.0. The largest absolute Gasteiger partial charge is 0.445 e. The highest BCUT2D eigenvalue weighted by atomic mass is 16.5. The summed E-state index contributed by atoms with van der Waals surface area (Å²) in [7, 11) is 0. The predicted octanol–water partition coefficient (Wildman–Crippen LogP) is 2.03. The van der Waals surface area contributed by atoms with Gasteiger partial charge in [0.25, 0.3) is 0 Å². The van der Waals surface area contributed by atoms with Gasteiger partial charge >= 0.3 is 0 Å². The van der Waals surface area contributed by atoms with Crippen molar-refractivity contribution in [3.63, 3.8) is 0 Å². The van der Waals surface area contributed by atoms with Crippen molar-refractivity contribution >= 4 is 0 Å². The van der Waals surface area contributed by atoms with Crippen LogP contribution in [-0.4, -0.2) is 23.7 Å². The fraction of sp³-hybridized carbons (Fsp3) is 0.750. The first-order chi connectivity index (χ1) is 7.79. The SMILES string of the molecule is CC[C@@H](NCc1ncc(C)o1)[C@@H]1CCCO1. The van der Waals surface area contributed by atoms with Crippen molar-refractivity contribution in [2.45, 2.75) is 51.8 Å². The molecule has 0 spiro atoms. The van der Waals surface area contributed by atoms with E-state index >= 15 is 0 Å². The van der Waals surface area contributed by atoms with E-state index in [-0.39, 0.29) is 0 Å². The molecule has 1 aliphatic heterocycles. The first-order valence-corrected chi connectivity index (χ1v) is 6.06. The molecular formula is C12H20N2O2. The number of hydrogen-bond donors (Lipinski definition) is 1. The average molecular weight is 224 g/mol. The third kappa shape index (κ3) is 2.83. The molecular weight excluding hydrogens is 204 g/mol. The molecule has 0 aromatic carbocycles. The fourth-order valence-corrected chi connectivity index (χ4v) is 2.16. The van der Waals surface area contributed by atoms with Crippen molar-refractivity contribution in [3.8, 4) is 0 Å². The summed E-state index contributed by atoms with van der Waals surface area (Å²) in [6.45, 7) is 5.68. The summed E-state index contributed by atoms with van der Waals surface area (Å²) >= 11 is 0. The lowest BCUT2D eigenvalue weighted by atomic mass is 10.1. The molecule has 0 aliphatic carbocycles. The summed E-state index contributed by atoms with van der Waals surface area (Å²) in [6, 6.07) is 0.412. The standard InChI is InChI=1S/C12H20N2O2/c1-3-10(11-5-4-6-15-11)13-8-12-14-7-9(2)16-12/h7,10-11,13H,3-6,8H2,1-2H3/t10-,11+/m1/s1. The van der Waals surface area contributed by atoms with Crippen molar-refractivity contribution in [3.05, 3.63) is 17.8 Å². The second kappa shape index (κ2) is 5.46. The minimum Gasteiger partial charge on any atom is -0.445 e. The molecule has 90 valence electrons. The summed E-state index contributed by atoms with van der Waals surface area (Å²) in [4.78, 5) is 4.18. The molecule has 4 heteroatoms. The number of aryl methyl sites for hydroxylation is 1. The second-order valence-electron chi connectivity index (χ2n) is 4.31. The fourth-order valence-electron chi connectivity index (χ4n) is 2.16. The van der Waals surface area contributed by atoms with E-state index in [1.807, 2.05) is 6.92 Å². The number of ether oxygens (including phenoxy) is 1. The maximum absolute atomic E-state index is 5.69. The van der Waals surface area contributed by atoms with Gasteiger partial charge in [0.15, 0.2) is 0 Å². The number of oxazole rings is 1. The first-order valence-electron chi connectivity index (χ1n) is 6.06. The molecule has 0 unspecified atom stereocenters. The highest BCUT2D eigenvalue weighted by Gasteiger charge is 2.24. The van der Waals surface area contributed by atoms with Crippen molar-refractivity contribution < 1.29 is 9.15 Å². The number of rotatable bonds is 5. The Morgan fingerprint density at radius 3 is 3.06 bits per heavy atom. The molecule has 0 bridgehead atoms. The minimum absolute atomic E-state index is 0.362. The van der Waals surface area contributed by atoms with Crippen LogP contribution in [0.2, 0.25) is 0 Å². The van der Waals surface area contributed by atoms with Crippen LogP contribution in [0.1, 0.15) is 37.8 Å². The first kappa shape index (κ1) is 11.6. The van der Waals surface area contributed by atoms with E-state index in [1.165, 1.54) is 6.42 Å². The summed E-state index contributed by atoms with van der Waals surface area (Å²) in [5.41, 5.74) is 0. The Morgan fingerprint density at radius 2 is 2.50 bits per heavy atom. The zero-order chi connectivity index (χ0) is 11.4. The van der Waals surface area contributed by atoms with E-state index in [9.17, 15) is 0 Å². The van der Waals surface area contributed by atoms with E-state index in [4.69, 9.17) is 9.15 Å². The maximum Gasteiger partial charge on any atom is 0.208 e. The molecule has 2 rings (SSSR count). The molecule has 1 aliphatic rings. The Morgan fingerprint density at radius 1 is 1.62 bits per heavy atom. The van der Waals surface area contributed by atoms with Gasteiger partial charge in [0.1, 0.15) is 5.76 Å². The topological polar surface area (TPSA) is 47.3 Å². The van der Waals surface area contributed by atoms with Crippen LogP contribution in [-0.2, 0) is 11.3 Å². The molecule has 16 heavy (non-hydrogen) atoms. The molecule has 1 saturated heterocycles. The van der Waals surface area contributed by atoms with Gasteiger partial charge in [0.2, 0.25) is 5.89 Å². The van der Waals surface area contributed by atoms with Gasteiger partial charge in [-0.15, -0.1) is 0 Å². The number of nitrogens with one attached hydrogen (secondary N) is 1. The van der Waals surface area contributed by atoms with Gasteiger partial charge in [0, 0.05) is 12.6 Å². The molecule has 0 amide bonds. The van der Waals surface area contributed by atoms with Crippen molar-refractivity contribution in [1.82, 2.24) is 10.3 Å². The van der Waals surface area contributed by atoms with E-state index in [0.29, 0.717) is 18.7 Å². The Hall–Kier alpha value is -0.870. The molecule has 0 radical (unpaired) electrons. The van der Waals surface area contributed by atoms with Gasteiger partial charge in [0.05, 0.1) is 18.8 Å². The Balaban J connectivity index is 1.82. The maximum atomic E-state index is 5.69. The lowest BCUT2D eigenvalue weighted by Gasteiger charge is -2.22. The van der Waals surface area contributed by atoms with Crippen LogP contribution in [0.15, 0.2) is 10.6 Å². The van der Waals surface area contributed by atoms with Crippen LogP contribution in [0.4, 0.5) is 0 Å². The summed E-state index contributed by atoms with van der Waals surface area (Å²) < 4.78 is 11.1. The Bertz CT molecular complexity index is 319. The van der Waals surface area contributed by atoms with Crippen molar-refractivity contribution in [1.29, 1.82) is 0 Å². The highest BCUT2D eigenvalue weighted by Crippen LogP contribution is 2.17. The molecule has 1 fully saturated rings. The Kier molecular flexibility index (Phi) is 3.96. The average Bonchev–Trinajstić information content (AvgIpc) is 2.91. The number of aromatic nitrogens is 1. The number of nitrogens with zero attached hydrogens (tertiary/aromatic N) is 1. The minimum atomic E-state index is 0.362. The van der Waals surface area contributed by atoms with Gasteiger partial charge in [-0.3, -0.25) is 0 Å². The molecule has 1 aromatic heterocycles. The predicted molar refractivity (Wildman–Crippen MR) is 61.1 cm³/mol. The van der Waals surface area contributed by atoms with Crippen LogP contribution in [0.5, 0.6) is 0 Å². The highest BCUT2D eigenvalue weighted by molar-refractivity contribution is 4.91. The van der Waals surface area contributed by atoms with Gasteiger partial charge in [-0.1, -0.05) is 6.92 Å². The lowest BCUT2D eigenvalue weighted by Crippen LogP contribution is -2.38. The monoisotopic (exact) mass is 224 g/mol. The van der Waals surface area contributed by atoms with Gasteiger partial charge in [-0.25, -0.2) is 4.98 Å². The van der Waals surface area contributed by atoms with Crippen molar-refractivity contribution in [2.75, 3.05) is 6.61 Å². The molecule has 1 aromatic rings. The van der Waals surface area contributed by atoms with Crippen LogP contribution >= 0.6 is 0 Å². The van der Waals surface area contributed by atoms with Gasteiger partial charge in [-0.05, 0) is 26.2 Å². The zero-order valence-electron chi connectivity index (χ0n) is 10.0. The lowest BCUT2D eigenvalue weighted by molar-refractivity contribution is 0.0756. The van der Waals surface area contributed by atoms with E-state index < -0.39 is 0 Å². The van der Waals surface area contributed by atoms with Gasteiger partial charge in [-0.2, -0.15) is 0 Å². The van der Waals surface area contributed by atoms with E-state index in [2.05, 4.69) is 17.2 Å². The quantitative estimate of drug-likeness (QED) is 0.831. The molecule has 2 heterocycles. The van der Waals surface area contributed by atoms with E-state index in [0.717, 1.165) is 31.1 Å². The van der Waals surface area contributed by atoms with Crippen LogP contribution < -0.4 is 5.32 Å². The Labute approximate surface area is 96.4 Å². The summed E-state index contributed by atoms with van der Waals surface area (Å²) in [5, 5.41) is 3.46. The van der Waals surface area contributed by atoms with Crippen LogP contribution in [0.25, 0.3) is 0 Å². The third-order valence-corrected chi connectivity index (χ3v) is 3.04. The van der Waals surface area contributed by atoms with Gasteiger partial charge < -0.3 is 14.5 Å². The number of hydrogen-bond acceptors (Lipinski definition) is 4. The normalized spacial score (nSPS) is 22.5. The second-order valence-corrected chi connectivity index (χ2v) is 4.31. The molecule has 1 N–H and O–H groups in total. The molecule has 2 atom stereocenters.